The summed E-state index contributed by atoms with van der Waals surface area (Å²) in [6.45, 7) is 1.68. The molecule has 2 bridgehead atoms. The molecule has 1 aromatic heterocycles. The Morgan fingerprint density at radius 1 is 1.22 bits per heavy atom. The fourth-order valence-corrected chi connectivity index (χ4v) is 3.95. The third-order valence-corrected chi connectivity index (χ3v) is 5.35. The lowest BCUT2D eigenvalue weighted by Gasteiger charge is -2.26. The molecule has 5 heteroatoms. The summed E-state index contributed by atoms with van der Waals surface area (Å²) in [5.41, 5.74) is 1.62. The van der Waals surface area contributed by atoms with Gasteiger partial charge in [-0.1, -0.05) is 18.2 Å². The maximum absolute atomic E-state index is 13.1. The molecule has 2 atom stereocenters. The molecule has 1 N–H and O–H groups in total. The molecule has 1 aromatic carbocycles. The lowest BCUT2D eigenvalue weighted by atomic mass is 10.0. The number of rotatable bonds is 2. The molecule has 4 rings (SSSR count). The number of likely N-dealkylation sites (tertiary alicyclic amines) is 1. The van der Waals surface area contributed by atoms with Crippen molar-refractivity contribution in [3.05, 3.63) is 42.2 Å². The summed E-state index contributed by atoms with van der Waals surface area (Å²) in [5, 5.41) is 0. The van der Waals surface area contributed by atoms with Gasteiger partial charge in [0.05, 0.1) is 5.56 Å². The molecule has 2 aliphatic rings. The second-order valence-corrected chi connectivity index (χ2v) is 6.57. The zero-order chi connectivity index (χ0) is 15.8. The van der Waals surface area contributed by atoms with E-state index < -0.39 is 0 Å². The maximum atomic E-state index is 13.1. The topological polar surface area (TPSA) is 52.2 Å². The summed E-state index contributed by atoms with van der Waals surface area (Å²) in [4.78, 5) is 25.0. The van der Waals surface area contributed by atoms with E-state index in [-0.39, 0.29) is 5.91 Å². The molecular formula is C18H22N4O. The molecule has 2 aliphatic heterocycles. The number of nitrogens with zero attached hydrogens (tertiary/aromatic N) is 3. The number of carbonyl (C=O) groups excluding carboxylic acids is 1. The van der Waals surface area contributed by atoms with Crippen molar-refractivity contribution in [2.24, 2.45) is 0 Å². The molecule has 2 fully saturated rings. The second-order valence-electron chi connectivity index (χ2n) is 6.57. The summed E-state index contributed by atoms with van der Waals surface area (Å²) in [6.07, 6.45) is 7.05. The van der Waals surface area contributed by atoms with Gasteiger partial charge in [0.25, 0.3) is 5.91 Å². The number of fused-ring (bicyclic) bond motifs is 2. The van der Waals surface area contributed by atoms with Crippen LogP contribution < -0.4 is 0 Å². The number of imidazole rings is 1. The van der Waals surface area contributed by atoms with E-state index in [2.05, 4.69) is 21.9 Å². The number of H-pyrrole nitrogens is 1. The van der Waals surface area contributed by atoms with Crippen LogP contribution in [0.15, 0.2) is 36.7 Å². The van der Waals surface area contributed by atoms with Crippen molar-refractivity contribution in [2.75, 3.05) is 20.1 Å². The molecule has 2 aromatic rings. The van der Waals surface area contributed by atoms with Gasteiger partial charge in [0.15, 0.2) is 0 Å². The molecule has 2 saturated heterocycles. The van der Waals surface area contributed by atoms with Gasteiger partial charge in [0, 0.05) is 43.1 Å². The van der Waals surface area contributed by atoms with Crippen LogP contribution in [0.25, 0.3) is 11.4 Å². The van der Waals surface area contributed by atoms with E-state index in [0.717, 1.165) is 36.5 Å². The molecule has 1 amide bonds. The van der Waals surface area contributed by atoms with Crippen molar-refractivity contribution in [3.8, 4) is 11.4 Å². The molecule has 0 aliphatic carbocycles. The predicted octanol–water partition coefficient (Wildman–Crippen LogP) is 2.39. The van der Waals surface area contributed by atoms with E-state index in [4.69, 9.17) is 0 Å². The van der Waals surface area contributed by atoms with Gasteiger partial charge in [-0.2, -0.15) is 0 Å². The Hall–Kier alpha value is -2.14. The van der Waals surface area contributed by atoms with Gasteiger partial charge >= 0.3 is 0 Å². The van der Waals surface area contributed by atoms with Gasteiger partial charge in [0.2, 0.25) is 0 Å². The Kier molecular flexibility index (Phi) is 3.65. The van der Waals surface area contributed by atoms with Crippen molar-refractivity contribution in [3.63, 3.8) is 0 Å². The highest BCUT2D eigenvalue weighted by atomic mass is 16.2. The third kappa shape index (κ3) is 2.55. The molecule has 0 spiro atoms. The Bertz CT molecular complexity index is 697. The molecule has 0 radical (unpaired) electrons. The number of aromatic amines is 1. The monoisotopic (exact) mass is 310 g/mol. The Labute approximate surface area is 136 Å². The van der Waals surface area contributed by atoms with Gasteiger partial charge in [-0.3, -0.25) is 9.69 Å². The van der Waals surface area contributed by atoms with E-state index in [1.165, 1.54) is 12.8 Å². The van der Waals surface area contributed by atoms with Crippen molar-refractivity contribution in [2.45, 2.75) is 31.3 Å². The average molecular weight is 310 g/mol. The number of likely N-dealkylation sites (N-methyl/N-ethyl adjacent to an activating group) is 1. The van der Waals surface area contributed by atoms with Crippen molar-refractivity contribution < 1.29 is 4.79 Å². The molecule has 0 unspecified atom stereocenters. The van der Waals surface area contributed by atoms with E-state index in [1.807, 2.05) is 29.2 Å². The van der Waals surface area contributed by atoms with Crippen LogP contribution in [-0.2, 0) is 0 Å². The van der Waals surface area contributed by atoms with Crippen LogP contribution in [0.2, 0.25) is 0 Å². The van der Waals surface area contributed by atoms with Gasteiger partial charge in [0.1, 0.15) is 5.82 Å². The first-order chi connectivity index (χ1) is 11.2. The predicted molar refractivity (Wildman–Crippen MR) is 89.1 cm³/mol. The molecule has 5 nitrogen and oxygen atoms in total. The summed E-state index contributed by atoms with van der Waals surface area (Å²) < 4.78 is 0. The van der Waals surface area contributed by atoms with Gasteiger partial charge in [-0.15, -0.1) is 0 Å². The van der Waals surface area contributed by atoms with Crippen molar-refractivity contribution >= 4 is 5.91 Å². The standard InChI is InChI=1S/C18H22N4O/c1-21-13-6-7-14(21)12-22(11-8-13)18(23)16-5-3-2-4-15(16)17-19-9-10-20-17/h2-5,9-10,13-14H,6-8,11-12H2,1H3,(H,19,20)/t13-,14+/m0/s1. The average Bonchev–Trinajstić information content (AvgIpc) is 3.16. The quantitative estimate of drug-likeness (QED) is 0.926. The van der Waals surface area contributed by atoms with E-state index in [0.29, 0.717) is 12.1 Å². The van der Waals surface area contributed by atoms with Crippen LogP contribution in [0.1, 0.15) is 29.6 Å². The van der Waals surface area contributed by atoms with Crippen LogP contribution in [0.4, 0.5) is 0 Å². The molecule has 120 valence electrons. The van der Waals surface area contributed by atoms with Crippen LogP contribution in [0.5, 0.6) is 0 Å². The first-order valence-electron chi connectivity index (χ1n) is 8.34. The highest BCUT2D eigenvalue weighted by Gasteiger charge is 2.36. The van der Waals surface area contributed by atoms with Gasteiger partial charge in [-0.25, -0.2) is 4.98 Å². The normalized spacial score (nSPS) is 24.7. The fourth-order valence-electron chi connectivity index (χ4n) is 3.95. The highest BCUT2D eigenvalue weighted by Crippen LogP contribution is 2.30. The summed E-state index contributed by atoms with van der Waals surface area (Å²) in [5.74, 6) is 0.875. The fraction of sp³-hybridized carbons (Fsp3) is 0.444. The minimum Gasteiger partial charge on any atom is -0.345 e. The molecule has 0 saturated carbocycles. The van der Waals surface area contributed by atoms with Crippen LogP contribution in [0, 0.1) is 0 Å². The summed E-state index contributed by atoms with van der Waals surface area (Å²) in [7, 11) is 2.20. The second kappa shape index (κ2) is 5.81. The Morgan fingerprint density at radius 3 is 2.87 bits per heavy atom. The smallest absolute Gasteiger partial charge is 0.254 e. The number of nitrogens with one attached hydrogen (secondary N) is 1. The highest BCUT2D eigenvalue weighted by molar-refractivity contribution is 6.00. The lowest BCUT2D eigenvalue weighted by Crippen LogP contribution is -2.39. The number of aromatic nitrogens is 2. The summed E-state index contributed by atoms with van der Waals surface area (Å²) >= 11 is 0. The first kappa shape index (κ1) is 14.5. The van der Waals surface area contributed by atoms with Crippen LogP contribution in [0.3, 0.4) is 0 Å². The zero-order valence-electron chi connectivity index (χ0n) is 13.4. The van der Waals surface area contributed by atoms with E-state index >= 15 is 0 Å². The van der Waals surface area contributed by atoms with Crippen LogP contribution >= 0.6 is 0 Å². The minimum absolute atomic E-state index is 0.123. The van der Waals surface area contributed by atoms with E-state index in [1.54, 1.807) is 12.4 Å². The van der Waals surface area contributed by atoms with Crippen LogP contribution in [-0.4, -0.2) is 57.9 Å². The largest absolute Gasteiger partial charge is 0.345 e. The third-order valence-electron chi connectivity index (χ3n) is 5.35. The van der Waals surface area contributed by atoms with E-state index in [9.17, 15) is 4.79 Å². The minimum atomic E-state index is 0.123. The SMILES string of the molecule is CN1[C@H]2CC[C@@H]1CN(C(=O)c1ccccc1-c1ncc[nH]1)CC2. The van der Waals surface area contributed by atoms with Gasteiger partial charge < -0.3 is 9.88 Å². The lowest BCUT2D eigenvalue weighted by molar-refractivity contribution is 0.0741. The number of hydrogen-bond donors (Lipinski definition) is 1. The number of hydrogen-bond acceptors (Lipinski definition) is 3. The first-order valence-corrected chi connectivity index (χ1v) is 8.34. The Balaban J connectivity index is 1.63. The van der Waals surface area contributed by atoms with Gasteiger partial charge in [-0.05, 0) is 32.4 Å². The Morgan fingerprint density at radius 2 is 2.04 bits per heavy atom. The molecular weight excluding hydrogens is 288 g/mol. The van der Waals surface area contributed by atoms with Crippen molar-refractivity contribution in [1.82, 2.24) is 19.8 Å². The number of amides is 1. The molecule has 23 heavy (non-hydrogen) atoms. The zero-order valence-corrected chi connectivity index (χ0v) is 13.4. The number of carbonyl (C=O) groups is 1. The van der Waals surface area contributed by atoms with Crippen molar-refractivity contribution in [1.29, 1.82) is 0 Å². The molecule has 3 heterocycles. The maximum Gasteiger partial charge on any atom is 0.254 e. The summed E-state index contributed by atoms with van der Waals surface area (Å²) in [6, 6.07) is 8.89. The number of benzene rings is 1.